The highest BCUT2D eigenvalue weighted by molar-refractivity contribution is 5.88. The van der Waals surface area contributed by atoms with E-state index in [4.69, 9.17) is 4.74 Å². The van der Waals surface area contributed by atoms with Crippen molar-refractivity contribution in [3.8, 4) is 5.75 Å². The zero-order valence-electron chi connectivity index (χ0n) is 17.9. The van der Waals surface area contributed by atoms with Gasteiger partial charge in [-0.1, -0.05) is 49.4 Å². The number of nitrogens with zero attached hydrogens (tertiary/aromatic N) is 1. The maximum atomic E-state index is 12.9. The van der Waals surface area contributed by atoms with Crippen LogP contribution >= 0.6 is 0 Å². The van der Waals surface area contributed by atoms with Crippen molar-refractivity contribution in [1.82, 2.24) is 10.2 Å². The summed E-state index contributed by atoms with van der Waals surface area (Å²) in [5.41, 5.74) is 2.19. The van der Waals surface area contributed by atoms with Gasteiger partial charge in [0.25, 0.3) is 5.91 Å². The van der Waals surface area contributed by atoms with Crippen LogP contribution in [0.15, 0.2) is 54.6 Å². The lowest BCUT2D eigenvalue weighted by atomic mass is 10.1. The molecule has 5 heteroatoms. The molecule has 2 aromatic carbocycles. The Balaban J connectivity index is 2.07. The highest BCUT2D eigenvalue weighted by atomic mass is 16.5. The number of aryl methyl sites for hydroxylation is 1. The molecule has 0 saturated heterocycles. The normalized spacial score (nSPS) is 12.7. The third-order valence-electron chi connectivity index (χ3n) is 5.00. The van der Waals surface area contributed by atoms with E-state index in [2.05, 4.69) is 5.32 Å². The van der Waals surface area contributed by atoms with Gasteiger partial charge in [-0.25, -0.2) is 0 Å². The summed E-state index contributed by atoms with van der Waals surface area (Å²) in [6.07, 6.45) is 1.52. The molecule has 0 aliphatic heterocycles. The number of benzene rings is 2. The maximum Gasteiger partial charge on any atom is 0.261 e. The zero-order valence-corrected chi connectivity index (χ0v) is 17.9. The number of carbonyl (C=O) groups is 2. The second-order valence-corrected chi connectivity index (χ2v) is 7.42. The molecule has 0 aliphatic rings. The van der Waals surface area contributed by atoms with E-state index in [0.29, 0.717) is 18.7 Å². The lowest BCUT2D eigenvalue weighted by Crippen LogP contribution is -2.51. The predicted molar refractivity (Wildman–Crippen MR) is 116 cm³/mol. The van der Waals surface area contributed by atoms with Crippen LogP contribution in [-0.4, -0.2) is 41.9 Å². The Bertz CT molecular complexity index is 792. The molecule has 1 N–H and O–H groups in total. The van der Waals surface area contributed by atoms with E-state index < -0.39 is 6.04 Å². The molecule has 0 saturated carbocycles. The van der Waals surface area contributed by atoms with Crippen molar-refractivity contribution in [2.24, 2.45) is 0 Å². The van der Waals surface area contributed by atoms with E-state index in [1.165, 1.54) is 0 Å². The Kier molecular flexibility index (Phi) is 8.71. The third-order valence-corrected chi connectivity index (χ3v) is 5.00. The fourth-order valence-corrected chi connectivity index (χ4v) is 2.97. The molecule has 0 aromatic heterocycles. The lowest BCUT2D eigenvalue weighted by Gasteiger charge is -2.29. The summed E-state index contributed by atoms with van der Waals surface area (Å²) in [5, 5.41) is 2.97. The minimum Gasteiger partial charge on any atom is -0.484 e. The first kappa shape index (κ1) is 22.5. The van der Waals surface area contributed by atoms with Gasteiger partial charge in [0.05, 0.1) is 0 Å². The molecule has 0 bridgehead atoms. The largest absolute Gasteiger partial charge is 0.484 e. The number of rotatable bonds is 10. The van der Waals surface area contributed by atoms with Crippen LogP contribution in [0.1, 0.15) is 38.3 Å². The monoisotopic (exact) mass is 396 g/mol. The Morgan fingerprint density at radius 2 is 1.79 bits per heavy atom. The molecular weight excluding hydrogens is 364 g/mol. The van der Waals surface area contributed by atoms with Gasteiger partial charge in [-0.3, -0.25) is 9.59 Å². The zero-order chi connectivity index (χ0) is 21.2. The number of carbonyl (C=O) groups excluding carboxylic acids is 2. The van der Waals surface area contributed by atoms with Gasteiger partial charge in [0.2, 0.25) is 5.91 Å². The topological polar surface area (TPSA) is 58.6 Å². The molecule has 0 fully saturated rings. The van der Waals surface area contributed by atoms with Gasteiger partial charge in [-0.2, -0.15) is 0 Å². The van der Waals surface area contributed by atoms with Gasteiger partial charge in [0.15, 0.2) is 6.61 Å². The van der Waals surface area contributed by atoms with E-state index in [0.717, 1.165) is 17.5 Å². The number of nitrogens with one attached hydrogen (secondary N) is 1. The van der Waals surface area contributed by atoms with E-state index in [1.54, 1.807) is 11.8 Å². The highest BCUT2D eigenvalue weighted by Gasteiger charge is 2.26. The van der Waals surface area contributed by atoms with Gasteiger partial charge >= 0.3 is 0 Å². The van der Waals surface area contributed by atoms with Crippen LogP contribution in [0.3, 0.4) is 0 Å². The Morgan fingerprint density at radius 3 is 2.45 bits per heavy atom. The summed E-state index contributed by atoms with van der Waals surface area (Å²) in [7, 11) is 0. The Hall–Kier alpha value is -2.82. The lowest BCUT2D eigenvalue weighted by molar-refractivity contribution is -0.141. The fourth-order valence-electron chi connectivity index (χ4n) is 2.97. The van der Waals surface area contributed by atoms with Crippen LogP contribution in [0, 0.1) is 6.92 Å². The van der Waals surface area contributed by atoms with Gasteiger partial charge in [0, 0.05) is 12.6 Å². The molecule has 29 heavy (non-hydrogen) atoms. The van der Waals surface area contributed by atoms with Crippen LogP contribution in [0.2, 0.25) is 0 Å². The van der Waals surface area contributed by atoms with Crippen LogP contribution in [-0.2, 0) is 16.0 Å². The first-order valence-electron chi connectivity index (χ1n) is 10.2. The number of hydrogen-bond acceptors (Lipinski definition) is 3. The summed E-state index contributed by atoms with van der Waals surface area (Å²) in [6, 6.07) is 17.0. The third kappa shape index (κ3) is 7.26. The fraction of sp³-hybridized carbons (Fsp3) is 0.417. The maximum absolute atomic E-state index is 12.9. The molecule has 0 heterocycles. The SMILES string of the molecule is CC[C@H](C)NC(=O)[C@@H](C)N(CCc1ccccc1)C(=O)COc1cccc(C)c1. The molecular formula is C24H32N2O3. The van der Waals surface area contributed by atoms with Crippen molar-refractivity contribution in [1.29, 1.82) is 0 Å². The van der Waals surface area contributed by atoms with Gasteiger partial charge < -0.3 is 15.0 Å². The Morgan fingerprint density at radius 1 is 1.07 bits per heavy atom. The number of ether oxygens (including phenoxy) is 1. The smallest absolute Gasteiger partial charge is 0.261 e. The van der Waals surface area contributed by atoms with E-state index in [9.17, 15) is 9.59 Å². The van der Waals surface area contributed by atoms with Crippen molar-refractivity contribution in [3.63, 3.8) is 0 Å². The second kappa shape index (κ2) is 11.2. The molecule has 0 unspecified atom stereocenters. The average Bonchev–Trinajstić information content (AvgIpc) is 2.72. The first-order valence-corrected chi connectivity index (χ1v) is 10.2. The molecule has 0 spiro atoms. The van der Waals surface area contributed by atoms with Crippen LogP contribution in [0.5, 0.6) is 5.75 Å². The highest BCUT2D eigenvalue weighted by Crippen LogP contribution is 2.13. The Labute approximate surface area is 174 Å². The van der Waals surface area contributed by atoms with Gasteiger partial charge in [-0.05, 0) is 56.9 Å². The van der Waals surface area contributed by atoms with Gasteiger partial charge in [-0.15, -0.1) is 0 Å². The summed E-state index contributed by atoms with van der Waals surface area (Å²) in [4.78, 5) is 27.2. The molecule has 156 valence electrons. The van der Waals surface area contributed by atoms with Crippen molar-refractivity contribution in [2.45, 2.75) is 52.6 Å². The summed E-state index contributed by atoms with van der Waals surface area (Å²) in [6.45, 7) is 8.08. The van der Waals surface area contributed by atoms with E-state index >= 15 is 0 Å². The van der Waals surface area contributed by atoms with E-state index in [-0.39, 0.29) is 24.5 Å². The number of amides is 2. The predicted octanol–water partition coefficient (Wildman–Crippen LogP) is 3.75. The summed E-state index contributed by atoms with van der Waals surface area (Å²) < 4.78 is 5.69. The summed E-state index contributed by atoms with van der Waals surface area (Å²) >= 11 is 0. The summed E-state index contributed by atoms with van der Waals surface area (Å²) in [5.74, 6) is 0.309. The minimum atomic E-state index is -0.568. The van der Waals surface area contributed by atoms with Crippen LogP contribution < -0.4 is 10.1 Å². The molecule has 0 aliphatic carbocycles. The van der Waals surface area contributed by atoms with Crippen molar-refractivity contribution < 1.29 is 14.3 Å². The van der Waals surface area contributed by atoms with Crippen molar-refractivity contribution in [3.05, 3.63) is 65.7 Å². The average molecular weight is 397 g/mol. The van der Waals surface area contributed by atoms with Crippen molar-refractivity contribution in [2.75, 3.05) is 13.2 Å². The molecule has 2 rings (SSSR count). The number of hydrogen-bond donors (Lipinski definition) is 1. The molecule has 2 amide bonds. The first-order chi connectivity index (χ1) is 13.9. The van der Waals surface area contributed by atoms with E-state index in [1.807, 2.05) is 75.4 Å². The minimum absolute atomic E-state index is 0.0690. The molecule has 0 radical (unpaired) electrons. The quantitative estimate of drug-likeness (QED) is 0.665. The van der Waals surface area contributed by atoms with Crippen LogP contribution in [0.25, 0.3) is 0 Å². The second-order valence-electron chi connectivity index (χ2n) is 7.42. The molecule has 2 aromatic rings. The van der Waals surface area contributed by atoms with Crippen molar-refractivity contribution >= 4 is 11.8 Å². The standard InChI is InChI=1S/C24H32N2O3/c1-5-19(3)25-24(28)20(4)26(15-14-21-11-7-6-8-12-21)23(27)17-29-22-13-9-10-18(2)16-22/h6-13,16,19-20H,5,14-15,17H2,1-4H3,(H,25,28)/t19-,20+/m0/s1. The molecule has 2 atom stereocenters. The van der Waals surface area contributed by atoms with Crippen LogP contribution in [0.4, 0.5) is 0 Å². The molecule has 5 nitrogen and oxygen atoms in total. The van der Waals surface area contributed by atoms with Gasteiger partial charge in [0.1, 0.15) is 11.8 Å².